The molecule has 0 aliphatic carbocycles. The molecule has 1 aliphatic rings. The number of carbonyl (C=O) groups excluding carboxylic acids is 1. The van der Waals surface area contributed by atoms with Crippen molar-refractivity contribution in [1.82, 2.24) is 4.72 Å². The summed E-state index contributed by atoms with van der Waals surface area (Å²) in [6.45, 7) is 2.81. The van der Waals surface area contributed by atoms with Crippen molar-refractivity contribution in [2.45, 2.75) is 50.3 Å². The maximum absolute atomic E-state index is 12.5. The summed E-state index contributed by atoms with van der Waals surface area (Å²) in [4.78, 5) is 16.6. The minimum absolute atomic E-state index is 0.102. The molecule has 6 nitrogen and oxygen atoms in total. The number of aryl methyl sites for hydroxylation is 1. The lowest BCUT2D eigenvalue weighted by Crippen LogP contribution is -2.29. The van der Waals surface area contributed by atoms with Gasteiger partial charge < -0.3 is 5.32 Å². The van der Waals surface area contributed by atoms with E-state index < -0.39 is 10.0 Å². The van der Waals surface area contributed by atoms with Gasteiger partial charge in [-0.2, -0.15) is 0 Å². The lowest BCUT2D eigenvalue weighted by atomic mass is 10.0. The molecule has 0 aromatic heterocycles. The molecule has 2 aromatic rings. The summed E-state index contributed by atoms with van der Waals surface area (Å²) in [5.74, 6) is 0.302. The summed E-state index contributed by atoms with van der Waals surface area (Å²) in [6, 6.07) is 14.3. The normalized spacial score (nSPS) is 13.8. The van der Waals surface area contributed by atoms with Gasteiger partial charge in [-0.25, -0.2) is 8.42 Å². The zero-order chi connectivity index (χ0) is 20.7. The van der Waals surface area contributed by atoms with Crippen LogP contribution in [0.1, 0.15) is 43.7 Å². The Labute approximate surface area is 172 Å². The van der Waals surface area contributed by atoms with Crippen molar-refractivity contribution in [3.05, 3.63) is 59.7 Å². The third kappa shape index (κ3) is 6.15. The molecule has 0 fully saturated rings. The largest absolute Gasteiger partial charge is 0.326 e. The summed E-state index contributed by atoms with van der Waals surface area (Å²) >= 11 is 0. The Balaban J connectivity index is 1.61. The molecular formula is C22H27N3O3S. The zero-order valence-electron chi connectivity index (χ0n) is 16.6. The topological polar surface area (TPSA) is 87.6 Å². The van der Waals surface area contributed by atoms with Crippen LogP contribution in [0.3, 0.4) is 0 Å². The van der Waals surface area contributed by atoms with Crippen LogP contribution in [0.15, 0.2) is 58.4 Å². The maximum atomic E-state index is 12.5. The van der Waals surface area contributed by atoms with Gasteiger partial charge in [0.15, 0.2) is 0 Å². The Morgan fingerprint density at radius 3 is 2.55 bits per heavy atom. The van der Waals surface area contributed by atoms with Crippen molar-refractivity contribution in [3.63, 3.8) is 0 Å². The van der Waals surface area contributed by atoms with E-state index in [1.54, 1.807) is 12.1 Å². The number of unbranched alkanes of at least 4 members (excludes halogenated alkanes) is 1. The van der Waals surface area contributed by atoms with E-state index in [0.717, 1.165) is 31.2 Å². The molecule has 3 rings (SSSR count). The van der Waals surface area contributed by atoms with Crippen LogP contribution in [-0.4, -0.2) is 26.7 Å². The van der Waals surface area contributed by atoms with Gasteiger partial charge >= 0.3 is 0 Å². The molecule has 0 unspecified atom stereocenters. The van der Waals surface area contributed by atoms with Crippen LogP contribution in [0, 0.1) is 0 Å². The van der Waals surface area contributed by atoms with Gasteiger partial charge in [0.05, 0.1) is 11.3 Å². The number of hydrogen-bond acceptors (Lipinski definition) is 4. The second-order valence-electron chi connectivity index (χ2n) is 7.21. The quantitative estimate of drug-likeness (QED) is 0.692. The molecule has 0 saturated carbocycles. The van der Waals surface area contributed by atoms with E-state index in [1.165, 1.54) is 17.7 Å². The minimum atomic E-state index is -3.71. The number of benzene rings is 2. The summed E-state index contributed by atoms with van der Waals surface area (Å²) in [6.07, 6.45) is 5.08. The van der Waals surface area contributed by atoms with E-state index in [9.17, 15) is 13.2 Å². The summed E-state index contributed by atoms with van der Waals surface area (Å²) in [7, 11) is -3.71. The van der Waals surface area contributed by atoms with Gasteiger partial charge in [0, 0.05) is 18.7 Å². The Kier molecular flexibility index (Phi) is 7.04. The number of aliphatic imine (C=N–C) groups is 1. The van der Waals surface area contributed by atoms with Crippen LogP contribution < -0.4 is 10.0 Å². The van der Waals surface area contributed by atoms with Gasteiger partial charge in [-0.15, -0.1) is 0 Å². The number of nitrogens with zero attached hydrogens (tertiary/aromatic N) is 1. The zero-order valence-corrected chi connectivity index (χ0v) is 17.5. The van der Waals surface area contributed by atoms with Crippen molar-refractivity contribution >= 4 is 27.5 Å². The lowest BCUT2D eigenvalue weighted by Gasteiger charge is -2.10. The fourth-order valence-corrected chi connectivity index (χ4v) is 4.31. The molecule has 0 radical (unpaired) electrons. The number of carbonyl (C=O) groups is 1. The van der Waals surface area contributed by atoms with Gasteiger partial charge in [-0.05, 0) is 48.6 Å². The highest BCUT2D eigenvalue weighted by Gasteiger charge is 2.18. The van der Waals surface area contributed by atoms with Gasteiger partial charge in [0.25, 0.3) is 10.0 Å². The Bertz CT molecular complexity index is 983. The lowest BCUT2D eigenvalue weighted by molar-refractivity contribution is -0.115. The van der Waals surface area contributed by atoms with Crippen molar-refractivity contribution in [1.29, 1.82) is 0 Å². The highest BCUT2D eigenvalue weighted by Crippen LogP contribution is 2.17. The molecule has 1 aliphatic heterocycles. The van der Waals surface area contributed by atoms with Gasteiger partial charge in [-0.1, -0.05) is 43.7 Å². The predicted molar refractivity (Wildman–Crippen MR) is 116 cm³/mol. The average molecular weight is 414 g/mol. The van der Waals surface area contributed by atoms with Gasteiger partial charge in [0.1, 0.15) is 5.84 Å². The second kappa shape index (κ2) is 9.69. The molecule has 7 heteroatoms. The van der Waals surface area contributed by atoms with Crippen LogP contribution in [0.25, 0.3) is 0 Å². The van der Waals surface area contributed by atoms with E-state index in [1.807, 2.05) is 12.1 Å². The van der Waals surface area contributed by atoms with E-state index in [2.05, 4.69) is 34.1 Å². The summed E-state index contributed by atoms with van der Waals surface area (Å²) in [5, 5.41) is 2.78. The first kappa shape index (κ1) is 21.0. The van der Waals surface area contributed by atoms with Crippen molar-refractivity contribution in [3.8, 4) is 0 Å². The van der Waals surface area contributed by atoms with Gasteiger partial charge in [-0.3, -0.25) is 14.5 Å². The monoisotopic (exact) mass is 413 g/mol. The van der Waals surface area contributed by atoms with Crippen LogP contribution in [0.5, 0.6) is 0 Å². The molecule has 1 amide bonds. The Morgan fingerprint density at radius 2 is 1.86 bits per heavy atom. The van der Waals surface area contributed by atoms with Crippen LogP contribution in [-0.2, 0) is 27.7 Å². The third-order valence-electron chi connectivity index (χ3n) is 4.76. The molecular weight excluding hydrogens is 386 g/mol. The fraction of sp³-hybridized carbons (Fsp3) is 0.364. The molecule has 2 N–H and O–H groups in total. The molecule has 0 spiro atoms. The highest BCUT2D eigenvalue weighted by atomic mass is 32.2. The average Bonchev–Trinajstić information content (AvgIpc) is 3.20. The van der Waals surface area contributed by atoms with E-state index in [-0.39, 0.29) is 17.2 Å². The van der Waals surface area contributed by atoms with Crippen molar-refractivity contribution < 1.29 is 13.2 Å². The number of nitrogens with one attached hydrogen (secondary N) is 2. The molecule has 0 saturated heterocycles. The van der Waals surface area contributed by atoms with Crippen molar-refractivity contribution in [2.24, 2.45) is 4.99 Å². The molecule has 0 atom stereocenters. The van der Waals surface area contributed by atoms with E-state index in [0.29, 0.717) is 24.5 Å². The fourth-order valence-electron chi connectivity index (χ4n) is 3.17. The predicted octanol–water partition coefficient (Wildman–Crippen LogP) is 3.68. The Hall–Kier alpha value is -2.67. The first-order chi connectivity index (χ1) is 14.0. The van der Waals surface area contributed by atoms with E-state index in [4.69, 9.17) is 0 Å². The number of anilines is 1. The highest BCUT2D eigenvalue weighted by molar-refractivity contribution is 7.90. The minimum Gasteiger partial charge on any atom is -0.326 e. The summed E-state index contributed by atoms with van der Waals surface area (Å²) < 4.78 is 27.6. The van der Waals surface area contributed by atoms with Crippen molar-refractivity contribution in [2.75, 3.05) is 11.9 Å². The number of amides is 1. The first-order valence-corrected chi connectivity index (χ1v) is 11.5. The summed E-state index contributed by atoms with van der Waals surface area (Å²) in [5.41, 5.74) is 2.64. The molecule has 0 bridgehead atoms. The maximum Gasteiger partial charge on any atom is 0.262 e. The van der Waals surface area contributed by atoms with Crippen LogP contribution in [0.2, 0.25) is 0 Å². The number of amidine groups is 1. The molecule has 2 aromatic carbocycles. The third-order valence-corrected chi connectivity index (χ3v) is 6.14. The number of hydrogen-bond donors (Lipinski definition) is 2. The van der Waals surface area contributed by atoms with Crippen LogP contribution >= 0.6 is 0 Å². The first-order valence-electron chi connectivity index (χ1n) is 10.00. The van der Waals surface area contributed by atoms with Gasteiger partial charge in [0.2, 0.25) is 5.91 Å². The van der Waals surface area contributed by atoms with E-state index >= 15 is 0 Å². The number of sulfonamides is 1. The molecule has 29 heavy (non-hydrogen) atoms. The molecule has 154 valence electrons. The number of rotatable bonds is 8. The SMILES string of the molecule is CCCCc1ccc(CC(=O)Nc2cccc(S(=O)(=O)NC3=NCCC3)c2)cc1. The molecule has 1 heterocycles. The van der Waals surface area contributed by atoms with Crippen LogP contribution in [0.4, 0.5) is 5.69 Å². The Morgan fingerprint density at radius 1 is 1.10 bits per heavy atom. The smallest absolute Gasteiger partial charge is 0.262 e. The standard InChI is InChI=1S/C22H27N3O3S/c1-2-3-6-17-10-12-18(13-11-17)15-22(26)24-19-7-4-8-20(16-19)29(27,28)25-21-9-5-14-23-21/h4,7-8,10-13,16H,2-3,5-6,9,14-15H2,1H3,(H,23,25)(H,24,26). The second-order valence-corrected chi connectivity index (χ2v) is 8.89.